The molecule has 242 valence electrons. The average molecular weight is 657 g/mol. The monoisotopic (exact) mass is 656 g/mol. The Kier molecular flexibility index (Phi) is 11.2. The van der Waals surface area contributed by atoms with Gasteiger partial charge in [0.25, 0.3) is 0 Å². The number of carbonyl (C=O) groups is 1. The Bertz CT molecular complexity index is 1560. The fourth-order valence-electron chi connectivity index (χ4n) is 4.61. The van der Waals surface area contributed by atoms with Crippen molar-refractivity contribution in [3.63, 3.8) is 0 Å². The second-order valence-corrected chi connectivity index (χ2v) is 12.1. The van der Waals surface area contributed by atoms with Crippen LogP contribution >= 0.6 is 7.60 Å². The van der Waals surface area contributed by atoms with Crippen molar-refractivity contribution in [1.29, 1.82) is 5.41 Å². The molecule has 3 aromatic carbocycles. The lowest BCUT2D eigenvalue weighted by atomic mass is 9.96. The van der Waals surface area contributed by atoms with Gasteiger partial charge >= 0.3 is 19.7 Å². The van der Waals surface area contributed by atoms with Gasteiger partial charge in [-0.05, 0) is 48.6 Å². The molecule has 1 aromatic heterocycles. The van der Waals surface area contributed by atoms with Crippen molar-refractivity contribution in [1.82, 2.24) is 14.9 Å². The molecule has 15 heteroatoms. The number of rotatable bonds is 9. The zero-order valence-corrected chi connectivity index (χ0v) is 25.3. The van der Waals surface area contributed by atoms with E-state index < -0.39 is 25.5 Å². The fraction of sp³-hybridized carbons (Fsp3) is 0.226. The van der Waals surface area contributed by atoms with E-state index in [1.165, 1.54) is 0 Å². The van der Waals surface area contributed by atoms with Gasteiger partial charge in [0.1, 0.15) is 11.5 Å². The highest BCUT2D eigenvalue weighted by atomic mass is 31.2. The molecule has 0 spiro atoms. The Hall–Kier alpha value is -5.10. The van der Waals surface area contributed by atoms with E-state index in [9.17, 15) is 17.7 Å². The topological polar surface area (TPSA) is 164 Å². The number of alkyl halides is 3. The van der Waals surface area contributed by atoms with Crippen molar-refractivity contribution >= 4 is 25.5 Å². The van der Waals surface area contributed by atoms with Gasteiger partial charge in [-0.15, -0.1) is 0 Å². The summed E-state index contributed by atoms with van der Waals surface area (Å²) >= 11 is 0. The minimum atomic E-state index is -5.08. The Balaban J connectivity index is 0.000000617. The number of guanidine groups is 1. The van der Waals surface area contributed by atoms with Gasteiger partial charge in [-0.25, -0.2) is 19.3 Å². The number of hydrogen-bond acceptors (Lipinski definition) is 8. The number of piperidine rings is 1. The predicted molar refractivity (Wildman–Crippen MR) is 167 cm³/mol. The van der Waals surface area contributed by atoms with Crippen molar-refractivity contribution in [3.8, 4) is 22.6 Å². The highest BCUT2D eigenvalue weighted by Gasteiger charge is 2.46. The first-order valence-corrected chi connectivity index (χ1v) is 15.7. The highest BCUT2D eigenvalue weighted by molar-refractivity contribution is 7.55. The van der Waals surface area contributed by atoms with Gasteiger partial charge in [-0.2, -0.15) is 13.2 Å². The quantitative estimate of drug-likeness (QED) is 0.0892. The summed E-state index contributed by atoms with van der Waals surface area (Å²) in [7, 11) is -3.92. The number of halogens is 3. The zero-order chi connectivity index (χ0) is 33.2. The number of anilines is 1. The van der Waals surface area contributed by atoms with E-state index in [1.807, 2.05) is 66.7 Å². The van der Waals surface area contributed by atoms with E-state index in [1.54, 1.807) is 41.6 Å². The molecule has 0 bridgehead atoms. The number of nitrogens with zero attached hydrogens (tertiary/aromatic N) is 3. The lowest BCUT2D eigenvalue weighted by molar-refractivity contribution is -0.192. The van der Waals surface area contributed by atoms with Crippen LogP contribution in [0.25, 0.3) is 11.1 Å². The minimum absolute atomic E-state index is 0.0297. The summed E-state index contributed by atoms with van der Waals surface area (Å²) in [6.07, 6.45) is -0.360. The summed E-state index contributed by atoms with van der Waals surface area (Å²) in [5, 5.41) is 18.3. The Morgan fingerprint density at radius 3 is 1.74 bits per heavy atom. The van der Waals surface area contributed by atoms with Crippen molar-refractivity contribution in [2.45, 2.75) is 24.8 Å². The zero-order valence-electron chi connectivity index (χ0n) is 24.4. The molecule has 0 saturated carbocycles. The van der Waals surface area contributed by atoms with E-state index in [4.69, 9.17) is 30.1 Å². The molecule has 1 aliphatic rings. The number of carboxylic acids is 1. The smallest absolute Gasteiger partial charge is 0.475 e. The second kappa shape index (κ2) is 15.3. The summed E-state index contributed by atoms with van der Waals surface area (Å²) in [6, 6.07) is 27.9. The molecule has 0 aliphatic carbocycles. The molecular weight excluding hydrogens is 624 g/mol. The van der Waals surface area contributed by atoms with Crippen molar-refractivity contribution in [2.24, 2.45) is 11.7 Å². The van der Waals surface area contributed by atoms with E-state index in [0.29, 0.717) is 43.4 Å². The number of aromatic nitrogens is 2. The maximum atomic E-state index is 14.8. The lowest BCUT2D eigenvalue weighted by Gasteiger charge is -2.38. The van der Waals surface area contributed by atoms with Crippen molar-refractivity contribution in [2.75, 3.05) is 18.4 Å². The van der Waals surface area contributed by atoms with Crippen LogP contribution in [0.15, 0.2) is 103 Å². The van der Waals surface area contributed by atoms with Crippen LogP contribution in [0.3, 0.4) is 0 Å². The van der Waals surface area contributed by atoms with Crippen LogP contribution in [-0.2, 0) is 9.36 Å². The molecular formula is C31H32F3N6O5P. The van der Waals surface area contributed by atoms with Crippen LogP contribution in [0.4, 0.5) is 19.1 Å². The molecule has 1 unspecified atom stereocenters. The SMILES string of the molecule is N=C(N)N1CCC(C(Nc2ncc(-c3ccccc3)cn2)P(=O)(Oc2ccccc2)Oc2ccccc2)CC1.O=C(O)C(F)(F)F. The normalized spacial score (nSPS) is 14.3. The van der Waals surface area contributed by atoms with Gasteiger partial charge in [-0.3, -0.25) is 5.41 Å². The average Bonchev–Trinajstić information content (AvgIpc) is 3.05. The maximum Gasteiger partial charge on any atom is 0.490 e. The lowest BCUT2D eigenvalue weighted by Crippen LogP contribution is -2.46. The number of likely N-dealkylation sites (tertiary alicyclic amines) is 1. The number of hydrogen-bond donors (Lipinski definition) is 4. The van der Waals surface area contributed by atoms with E-state index >= 15 is 0 Å². The van der Waals surface area contributed by atoms with Crippen LogP contribution < -0.4 is 20.1 Å². The molecule has 5 N–H and O–H groups in total. The minimum Gasteiger partial charge on any atom is -0.475 e. The Morgan fingerprint density at radius 2 is 1.33 bits per heavy atom. The fourth-order valence-corrected chi connectivity index (χ4v) is 6.80. The number of nitrogens with two attached hydrogens (primary N) is 1. The predicted octanol–water partition coefficient (Wildman–Crippen LogP) is 6.47. The van der Waals surface area contributed by atoms with Crippen LogP contribution in [0, 0.1) is 11.3 Å². The highest BCUT2D eigenvalue weighted by Crippen LogP contribution is 2.56. The third-order valence-corrected chi connectivity index (χ3v) is 9.06. The van der Waals surface area contributed by atoms with E-state index in [0.717, 1.165) is 11.1 Å². The summed E-state index contributed by atoms with van der Waals surface area (Å²) < 4.78 is 58.9. The third kappa shape index (κ3) is 9.45. The van der Waals surface area contributed by atoms with E-state index in [2.05, 4.69) is 15.3 Å². The van der Waals surface area contributed by atoms with Crippen LogP contribution in [-0.4, -0.2) is 57.0 Å². The first-order chi connectivity index (χ1) is 21.9. The molecule has 1 aliphatic heterocycles. The Morgan fingerprint density at radius 1 is 0.891 bits per heavy atom. The van der Waals surface area contributed by atoms with Gasteiger partial charge in [0, 0.05) is 31.0 Å². The standard InChI is InChI=1S/C29H31N6O3P.C2HF3O2/c30-28(31)35-18-16-23(17-19-35)27(34-29-32-20-24(21-33-29)22-10-4-1-5-11-22)39(36,37-25-12-6-2-7-13-25)38-26-14-8-3-9-15-26;3-2(4,5)1(6)7/h1-15,20-21,23,27H,16-19H2,(H3,30,31)(H,32,33,34);(H,6,7). The summed E-state index contributed by atoms with van der Waals surface area (Å²) in [5.41, 5.74) is 7.61. The second-order valence-electron chi connectivity index (χ2n) is 10.1. The van der Waals surface area contributed by atoms with Crippen molar-refractivity contribution in [3.05, 3.63) is 103 Å². The molecule has 1 saturated heterocycles. The number of aliphatic carboxylic acids is 1. The van der Waals surface area contributed by atoms with Gasteiger partial charge in [0.2, 0.25) is 5.95 Å². The van der Waals surface area contributed by atoms with Crippen molar-refractivity contribution < 1.29 is 36.7 Å². The first kappa shape index (κ1) is 33.8. The third-order valence-electron chi connectivity index (χ3n) is 6.90. The molecule has 0 amide bonds. The van der Waals surface area contributed by atoms with Gasteiger partial charge in [0.15, 0.2) is 11.7 Å². The van der Waals surface area contributed by atoms with Crippen LogP contribution in [0.2, 0.25) is 0 Å². The number of nitrogens with one attached hydrogen (secondary N) is 2. The molecule has 2 heterocycles. The summed E-state index contributed by atoms with van der Waals surface area (Å²) in [6.45, 7) is 1.12. The maximum absolute atomic E-state index is 14.8. The first-order valence-electron chi connectivity index (χ1n) is 14.1. The largest absolute Gasteiger partial charge is 0.490 e. The number of para-hydroxylation sites is 2. The van der Waals surface area contributed by atoms with Gasteiger partial charge in [-0.1, -0.05) is 66.7 Å². The van der Waals surface area contributed by atoms with Gasteiger partial charge in [0.05, 0.1) is 0 Å². The molecule has 1 fully saturated rings. The molecule has 11 nitrogen and oxygen atoms in total. The molecule has 46 heavy (non-hydrogen) atoms. The molecule has 4 aromatic rings. The molecule has 5 rings (SSSR count). The number of benzene rings is 3. The van der Waals surface area contributed by atoms with Crippen LogP contribution in [0.1, 0.15) is 12.8 Å². The summed E-state index contributed by atoms with van der Waals surface area (Å²) in [5.74, 6) is -2.43. The van der Waals surface area contributed by atoms with E-state index in [-0.39, 0.29) is 11.9 Å². The van der Waals surface area contributed by atoms with Crippen LogP contribution in [0.5, 0.6) is 11.5 Å². The van der Waals surface area contributed by atoms with Gasteiger partial charge < -0.3 is 30.1 Å². The summed E-state index contributed by atoms with van der Waals surface area (Å²) in [4.78, 5) is 19.8. The molecule has 0 radical (unpaired) electrons. The molecule has 1 atom stereocenters. The Labute approximate surface area is 263 Å². The number of carboxylic acid groups (broad SMARTS) is 1.